The van der Waals surface area contributed by atoms with Crippen molar-refractivity contribution in [2.45, 2.75) is 12.2 Å². The minimum atomic E-state index is -0.863. The lowest BCUT2D eigenvalue weighted by Crippen LogP contribution is -2.20. The van der Waals surface area contributed by atoms with Crippen molar-refractivity contribution in [3.8, 4) is 0 Å². The first kappa shape index (κ1) is 11.8. The average molecular weight is 190 g/mol. The summed E-state index contributed by atoms with van der Waals surface area (Å²) in [6.45, 7) is 0.0308. The van der Waals surface area contributed by atoms with Crippen LogP contribution in [0.1, 0.15) is 6.42 Å². The van der Waals surface area contributed by atoms with Gasteiger partial charge in [0.1, 0.15) is 0 Å². The van der Waals surface area contributed by atoms with Crippen LogP contribution in [0.15, 0.2) is 0 Å². The highest BCUT2D eigenvalue weighted by Crippen LogP contribution is 2.12. The molecular formula is C6H13BNO3S. The highest BCUT2D eigenvalue weighted by Gasteiger charge is 2.18. The van der Waals surface area contributed by atoms with Gasteiger partial charge in [0.2, 0.25) is 0 Å². The molecule has 0 aliphatic heterocycles. The fourth-order valence-corrected chi connectivity index (χ4v) is 1.16. The van der Waals surface area contributed by atoms with Gasteiger partial charge in [0.15, 0.2) is 0 Å². The molecule has 0 rings (SSSR count). The van der Waals surface area contributed by atoms with Gasteiger partial charge >= 0.3 is 13.5 Å². The van der Waals surface area contributed by atoms with Crippen LogP contribution in [0.5, 0.6) is 0 Å². The lowest BCUT2D eigenvalue weighted by molar-refractivity contribution is -0.137. The summed E-state index contributed by atoms with van der Waals surface area (Å²) < 4.78 is 4.72. The number of hydrogen-bond donors (Lipinski definition) is 2. The summed E-state index contributed by atoms with van der Waals surface area (Å²) in [5.74, 6) is -0.597. The first-order valence-electron chi connectivity index (χ1n) is 3.59. The Morgan fingerprint density at radius 1 is 1.83 bits per heavy atom. The van der Waals surface area contributed by atoms with E-state index in [0.717, 1.165) is 5.75 Å². The van der Waals surface area contributed by atoms with Gasteiger partial charge in [0.05, 0.1) is 12.5 Å². The molecule has 0 fully saturated rings. The summed E-state index contributed by atoms with van der Waals surface area (Å²) in [4.78, 5) is 10.5. The molecule has 6 heteroatoms. The predicted molar refractivity (Wildman–Crippen MR) is 50.3 cm³/mol. The second-order valence-electron chi connectivity index (χ2n) is 2.20. The summed E-state index contributed by atoms with van der Waals surface area (Å²) in [7, 11) is 1.29. The van der Waals surface area contributed by atoms with Crippen LogP contribution in [-0.2, 0) is 9.45 Å². The van der Waals surface area contributed by atoms with E-state index >= 15 is 0 Å². The van der Waals surface area contributed by atoms with Crippen LogP contribution in [0.25, 0.3) is 0 Å². The molecule has 0 spiro atoms. The van der Waals surface area contributed by atoms with E-state index in [9.17, 15) is 4.79 Å². The maximum absolute atomic E-state index is 10.5. The van der Waals surface area contributed by atoms with Crippen LogP contribution < -0.4 is 5.73 Å². The molecule has 0 aliphatic rings. The van der Waals surface area contributed by atoms with Crippen LogP contribution in [0.2, 0.25) is 5.82 Å². The molecule has 4 nitrogen and oxygen atoms in total. The SMILES string of the molecule is CSCCC([B]OCN)C(=O)O. The number of thioether (sulfide) groups is 1. The predicted octanol–water partition coefficient (Wildman–Crippen LogP) is 0.165. The largest absolute Gasteiger partial charge is 0.481 e. The molecule has 0 aromatic carbocycles. The molecule has 1 unspecified atom stereocenters. The number of aliphatic carboxylic acids is 1. The van der Waals surface area contributed by atoms with Gasteiger partial charge in [-0.3, -0.25) is 4.79 Å². The first-order chi connectivity index (χ1) is 5.72. The molecule has 0 aromatic rings. The van der Waals surface area contributed by atoms with E-state index in [2.05, 4.69) is 0 Å². The third-order valence-corrected chi connectivity index (χ3v) is 1.95. The maximum Gasteiger partial charge on any atom is 0.309 e. The Morgan fingerprint density at radius 2 is 2.50 bits per heavy atom. The van der Waals surface area contributed by atoms with Gasteiger partial charge in [-0.2, -0.15) is 11.8 Å². The molecule has 0 bridgehead atoms. The smallest absolute Gasteiger partial charge is 0.309 e. The Morgan fingerprint density at radius 3 is 2.92 bits per heavy atom. The Balaban J connectivity index is 3.62. The second kappa shape index (κ2) is 7.45. The lowest BCUT2D eigenvalue weighted by Gasteiger charge is -2.08. The van der Waals surface area contributed by atoms with Gasteiger partial charge in [0, 0.05) is 0 Å². The second-order valence-corrected chi connectivity index (χ2v) is 3.18. The molecule has 12 heavy (non-hydrogen) atoms. The van der Waals surface area contributed by atoms with Crippen LogP contribution in [0.4, 0.5) is 0 Å². The van der Waals surface area contributed by atoms with Crippen molar-refractivity contribution in [1.29, 1.82) is 0 Å². The lowest BCUT2D eigenvalue weighted by atomic mass is 9.78. The summed E-state index contributed by atoms with van der Waals surface area (Å²) >= 11 is 1.61. The van der Waals surface area contributed by atoms with Crippen molar-refractivity contribution in [3.05, 3.63) is 0 Å². The van der Waals surface area contributed by atoms with Crippen molar-refractivity contribution in [3.63, 3.8) is 0 Å². The van der Waals surface area contributed by atoms with Crippen LogP contribution in [-0.4, -0.2) is 37.3 Å². The van der Waals surface area contributed by atoms with Crippen LogP contribution in [0.3, 0.4) is 0 Å². The zero-order chi connectivity index (χ0) is 9.40. The van der Waals surface area contributed by atoms with Crippen molar-refractivity contribution < 1.29 is 14.6 Å². The average Bonchev–Trinajstić information content (AvgIpc) is 2.04. The van der Waals surface area contributed by atoms with E-state index in [0.29, 0.717) is 6.42 Å². The van der Waals surface area contributed by atoms with E-state index in [-0.39, 0.29) is 6.73 Å². The zero-order valence-corrected chi connectivity index (χ0v) is 7.84. The van der Waals surface area contributed by atoms with E-state index in [1.54, 1.807) is 11.8 Å². The molecule has 1 atom stereocenters. The summed E-state index contributed by atoms with van der Waals surface area (Å²) in [6.07, 6.45) is 2.51. The maximum atomic E-state index is 10.5. The summed E-state index contributed by atoms with van der Waals surface area (Å²) in [5, 5.41) is 8.67. The molecule has 0 saturated heterocycles. The number of carboxylic acids is 1. The monoisotopic (exact) mass is 190 g/mol. The molecule has 3 N–H and O–H groups in total. The van der Waals surface area contributed by atoms with Crippen LogP contribution >= 0.6 is 11.8 Å². The van der Waals surface area contributed by atoms with Crippen molar-refractivity contribution in [2.75, 3.05) is 18.7 Å². The van der Waals surface area contributed by atoms with Crippen molar-refractivity contribution in [2.24, 2.45) is 5.73 Å². The number of carboxylic acid groups (broad SMARTS) is 1. The Hall–Kier alpha value is -0.195. The Labute approximate surface area is 77.1 Å². The minimum absolute atomic E-state index is 0.0308. The standard InChI is InChI=1S/C6H13BNO3S/c1-12-3-2-5(6(9)10)7-11-4-8/h5H,2-4,8H2,1H3,(H,9,10). The summed E-state index contributed by atoms with van der Waals surface area (Å²) in [5.41, 5.74) is 5.05. The molecule has 0 heterocycles. The molecule has 0 aliphatic carbocycles. The van der Waals surface area contributed by atoms with Gasteiger partial charge in [-0.25, -0.2) is 0 Å². The van der Waals surface area contributed by atoms with Gasteiger partial charge in [-0.1, -0.05) is 0 Å². The highest BCUT2D eigenvalue weighted by molar-refractivity contribution is 7.98. The molecule has 0 aromatic heterocycles. The third-order valence-electron chi connectivity index (χ3n) is 1.31. The molecular weight excluding hydrogens is 177 g/mol. The highest BCUT2D eigenvalue weighted by atomic mass is 32.2. The fraction of sp³-hybridized carbons (Fsp3) is 0.833. The topological polar surface area (TPSA) is 72.5 Å². The third kappa shape index (κ3) is 5.45. The molecule has 0 saturated carbocycles. The molecule has 1 radical (unpaired) electrons. The molecule has 69 valence electrons. The quantitative estimate of drug-likeness (QED) is 0.442. The number of hydrogen-bond acceptors (Lipinski definition) is 4. The van der Waals surface area contributed by atoms with E-state index < -0.39 is 11.8 Å². The van der Waals surface area contributed by atoms with Crippen LogP contribution in [0, 0.1) is 0 Å². The van der Waals surface area contributed by atoms with Gasteiger partial charge in [-0.15, -0.1) is 0 Å². The zero-order valence-electron chi connectivity index (χ0n) is 7.03. The normalized spacial score (nSPS) is 12.5. The van der Waals surface area contributed by atoms with E-state index in [4.69, 9.17) is 15.5 Å². The number of rotatable bonds is 7. The molecule has 0 amide bonds. The number of carbonyl (C=O) groups is 1. The Kier molecular flexibility index (Phi) is 7.33. The van der Waals surface area contributed by atoms with Gasteiger partial charge < -0.3 is 15.5 Å². The first-order valence-corrected chi connectivity index (χ1v) is 4.98. The van der Waals surface area contributed by atoms with Gasteiger partial charge in [-0.05, 0) is 18.4 Å². The Bertz CT molecular complexity index is 128. The summed E-state index contributed by atoms with van der Waals surface area (Å²) in [6, 6.07) is 0. The number of nitrogens with two attached hydrogens (primary N) is 1. The van der Waals surface area contributed by atoms with E-state index in [1.165, 1.54) is 7.48 Å². The minimum Gasteiger partial charge on any atom is -0.481 e. The fourth-order valence-electron chi connectivity index (χ4n) is 0.666. The van der Waals surface area contributed by atoms with E-state index in [1.807, 2.05) is 6.26 Å². The van der Waals surface area contributed by atoms with Gasteiger partial charge in [0.25, 0.3) is 0 Å². The van der Waals surface area contributed by atoms with Crippen molar-refractivity contribution in [1.82, 2.24) is 0 Å². The van der Waals surface area contributed by atoms with Crippen molar-refractivity contribution >= 4 is 25.2 Å².